The molecular weight excluding hydrogens is 539 g/mol. The van der Waals surface area contributed by atoms with Crippen LogP contribution in [0.5, 0.6) is 5.75 Å². The van der Waals surface area contributed by atoms with Crippen molar-refractivity contribution >= 4 is 18.0 Å². The summed E-state index contributed by atoms with van der Waals surface area (Å²) in [6, 6.07) is 14.3. The molecule has 0 bridgehead atoms. The third-order valence-electron chi connectivity index (χ3n) is 7.55. The first kappa shape index (κ1) is 29.3. The molecule has 9 nitrogen and oxygen atoms in total. The minimum Gasteiger partial charge on any atom is -0.489 e. The van der Waals surface area contributed by atoms with Crippen LogP contribution < -0.4 is 9.64 Å². The van der Waals surface area contributed by atoms with Gasteiger partial charge in [-0.25, -0.2) is 23.9 Å². The molecule has 1 aliphatic carbocycles. The van der Waals surface area contributed by atoms with Gasteiger partial charge in [-0.15, -0.1) is 0 Å². The summed E-state index contributed by atoms with van der Waals surface area (Å²) in [5.74, 6) is 0.763. The Kier molecular flexibility index (Phi) is 8.61. The van der Waals surface area contributed by atoms with Gasteiger partial charge in [0.2, 0.25) is 5.95 Å². The van der Waals surface area contributed by atoms with Crippen LogP contribution >= 0.6 is 0 Å². The van der Waals surface area contributed by atoms with Crippen molar-refractivity contribution in [2.45, 2.75) is 70.2 Å². The summed E-state index contributed by atoms with van der Waals surface area (Å²) in [4.78, 5) is 37.9. The van der Waals surface area contributed by atoms with Gasteiger partial charge < -0.3 is 24.0 Å². The fourth-order valence-electron chi connectivity index (χ4n) is 5.33. The number of hydrogen-bond acceptors (Lipinski definition) is 8. The van der Waals surface area contributed by atoms with Gasteiger partial charge in [0.1, 0.15) is 23.8 Å². The highest BCUT2D eigenvalue weighted by molar-refractivity contribution is 5.88. The van der Waals surface area contributed by atoms with Crippen LogP contribution in [0.4, 0.5) is 15.1 Å². The number of carbonyl (C=O) groups excluding carboxylic acids is 2. The summed E-state index contributed by atoms with van der Waals surface area (Å²) in [7, 11) is 1.32. The maximum atomic E-state index is 13.5. The zero-order valence-electron chi connectivity index (χ0n) is 24.5. The highest BCUT2D eigenvalue weighted by Gasteiger charge is 2.49. The van der Waals surface area contributed by atoms with Gasteiger partial charge in [-0.2, -0.15) is 0 Å². The molecular formula is C32H37FN4O5. The number of nitrogens with zero attached hydrogens (tertiary/aromatic N) is 4. The Hall–Kier alpha value is -4.21. The minimum absolute atomic E-state index is 0.0266. The molecule has 2 unspecified atom stereocenters. The quantitative estimate of drug-likeness (QED) is 0.313. The number of benzene rings is 2. The van der Waals surface area contributed by atoms with Gasteiger partial charge in [-0.05, 0) is 75.4 Å². The van der Waals surface area contributed by atoms with Gasteiger partial charge in [-0.3, -0.25) is 0 Å². The number of piperidine rings is 1. The van der Waals surface area contributed by atoms with Crippen molar-refractivity contribution in [1.29, 1.82) is 0 Å². The lowest BCUT2D eigenvalue weighted by molar-refractivity contribution is 0.0108. The van der Waals surface area contributed by atoms with Gasteiger partial charge in [0.15, 0.2) is 0 Å². The molecule has 2 fully saturated rings. The molecule has 1 saturated heterocycles. The summed E-state index contributed by atoms with van der Waals surface area (Å²) < 4.78 is 29.6. The first-order valence-electron chi connectivity index (χ1n) is 14.2. The molecule has 2 aliphatic rings. The molecule has 10 heteroatoms. The molecule has 0 spiro atoms. The smallest absolute Gasteiger partial charge is 0.410 e. The highest BCUT2D eigenvalue weighted by Crippen LogP contribution is 2.47. The molecule has 5 rings (SSSR count). The van der Waals surface area contributed by atoms with Crippen molar-refractivity contribution in [3.8, 4) is 5.75 Å². The number of ether oxygens (including phenoxy) is 3. The molecule has 1 saturated carbocycles. The number of anilines is 1. The zero-order valence-corrected chi connectivity index (χ0v) is 24.5. The van der Waals surface area contributed by atoms with E-state index in [1.165, 1.54) is 31.6 Å². The molecule has 0 N–H and O–H groups in total. The third kappa shape index (κ3) is 7.16. The molecule has 2 atom stereocenters. The number of rotatable bonds is 8. The van der Waals surface area contributed by atoms with E-state index < -0.39 is 11.6 Å². The number of halogens is 1. The number of aromatic nitrogens is 2. The van der Waals surface area contributed by atoms with E-state index in [1.807, 2.05) is 37.8 Å². The molecule has 222 valence electrons. The Labute approximate surface area is 245 Å². The van der Waals surface area contributed by atoms with E-state index in [-0.39, 0.29) is 29.9 Å². The van der Waals surface area contributed by atoms with E-state index in [9.17, 15) is 14.0 Å². The second kappa shape index (κ2) is 12.3. The average Bonchev–Trinajstić information content (AvgIpc) is 3.76. The van der Waals surface area contributed by atoms with E-state index in [0.717, 1.165) is 36.1 Å². The normalized spacial score (nSPS) is 18.7. The standard InChI is InChI=1S/C32H37FN4O5/c1-32(2,3)42-31(39)37(25-13-15-36(16-14-25)30-34-18-23(19-35-30)29(38)40-4)28-17-27(28)22-7-11-26(12-8-22)41-20-21-5-9-24(33)10-6-21/h5-12,18-19,25,27-28H,13-17,20H2,1-4H3. The second-order valence-corrected chi connectivity index (χ2v) is 11.8. The van der Waals surface area contributed by atoms with Crippen molar-refractivity contribution in [1.82, 2.24) is 14.9 Å². The molecule has 1 amide bonds. The van der Waals surface area contributed by atoms with E-state index in [1.54, 1.807) is 12.1 Å². The largest absolute Gasteiger partial charge is 0.489 e. The minimum atomic E-state index is -0.598. The molecule has 1 aromatic heterocycles. The first-order chi connectivity index (χ1) is 20.1. The molecule has 0 radical (unpaired) electrons. The molecule has 1 aliphatic heterocycles. The summed E-state index contributed by atoms with van der Waals surface area (Å²) in [5, 5.41) is 0. The number of hydrogen-bond donors (Lipinski definition) is 0. The van der Waals surface area contributed by atoms with Crippen LogP contribution in [0, 0.1) is 5.82 Å². The topological polar surface area (TPSA) is 94.1 Å². The monoisotopic (exact) mass is 576 g/mol. The van der Waals surface area contributed by atoms with Crippen LogP contribution in [0.2, 0.25) is 0 Å². The Balaban J connectivity index is 1.22. The fourth-order valence-corrected chi connectivity index (χ4v) is 5.33. The second-order valence-electron chi connectivity index (χ2n) is 11.8. The van der Waals surface area contributed by atoms with Gasteiger partial charge in [-0.1, -0.05) is 24.3 Å². The lowest BCUT2D eigenvalue weighted by Crippen LogP contribution is -2.50. The molecule has 2 heterocycles. The lowest BCUT2D eigenvalue weighted by atomic mass is 10.0. The van der Waals surface area contributed by atoms with Crippen LogP contribution in [-0.2, 0) is 16.1 Å². The first-order valence-corrected chi connectivity index (χ1v) is 14.2. The maximum Gasteiger partial charge on any atom is 0.410 e. The highest BCUT2D eigenvalue weighted by atomic mass is 19.1. The number of carbonyl (C=O) groups is 2. The van der Waals surface area contributed by atoms with Crippen molar-refractivity contribution in [2.75, 3.05) is 25.1 Å². The lowest BCUT2D eigenvalue weighted by Gasteiger charge is -2.39. The van der Waals surface area contributed by atoms with Gasteiger partial charge >= 0.3 is 12.1 Å². The predicted molar refractivity (Wildman–Crippen MR) is 155 cm³/mol. The zero-order chi connectivity index (χ0) is 29.9. The van der Waals surface area contributed by atoms with Crippen molar-refractivity contribution in [3.05, 3.63) is 83.4 Å². The van der Waals surface area contributed by atoms with E-state index >= 15 is 0 Å². The average molecular weight is 577 g/mol. The number of esters is 1. The van der Waals surface area contributed by atoms with E-state index in [0.29, 0.717) is 31.2 Å². The third-order valence-corrected chi connectivity index (χ3v) is 7.55. The SMILES string of the molecule is COC(=O)c1cnc(N2CCC(N(C(=O)OC(C)(C)C)C3CC3c3ccc(OCc4ccc(F)cc4)cc3)CC2)nc1. The number of methoxy groups -OCH3 is 1. The summed E-state index contributed by atoms with van der Waals surface area (Å²) in [6.07, 6.45) is 5.03. The van der Waals surface area contributed by atoms with Crippen LogP contribution in [0.15, 0.2) is 60.9 Å². The Morgan fingerprint density at radius 1 is 1.00 bits per heavy atom. The fraction of sp³-hybridized carbons (Fsp3) is 0.438. The van der Waals surface area contributed by atoms with Crippen molar-refractivity contribution in [2.24, 2.45) is 0 Å². The van der Waals surface area contributed by atoms with Crippen LogP contribution in [0.3, 0.4) is 0 Å². The number of amides is 1. The summed E-state index contributed by atoms with van der Waals surface area (Å²) >= 11 is 0. The molecule has 2 aromatic carbocycles. The molecule has 42 heavy (non-hydrogen) atoms. The van der Waals surface area contributed by atoms with Gasteiger partial charge in [0, 0.05) is 43.5 Å². The van der Waals surface area contributed by atoms with Crippen molar-refractivity contribution < 1.29 is 28.2 Å². The summed E-state index contributed by atoms with van der Waals surface area (Å²) in [6.45, 7) is 7.37. The van der Waals surface area contributed by atoms with Crippen molar-refractivity contribution in [3.63, 3.8) is 0 Å². The Bertz CT molecular complexity index is 1370. The van der Waals surface area contributed by atoms with Gasteiger partial charge in [0.05, 0.1) is 12.7 Å². The van der Waals surface area contributed by atoms with Gasteiger partial charge in [0.25, 0.3) is 0 Å². The maximum absolute atomic E-state index is 13.5. The van der Waals surface area contributed by atoms with Crippen LogP contribution in [0.25, 0.3) is 0 Å². The Morgan fingerprint density at radius 2 is 1.64 bits per heavy atom. The van der Waals surface area contributed by atoms with E-state index in [2.05, 4.69) is 27.0 Å². The van der Waals surface area contributed by atoms with E-state index in [4.69, 9.17) is 14.2 Å². The molecule has 3 aromatic rings. The van der Waals surface area contributed by atoms with Crippen LogP contribution in [0.1, 0.15) is 67.4 Å². The van der Waals surface area contributed by atoms with Crippen LogP contribution in [-0.4, -0.2) is 64.8 Å². The summed E-state index contributed by atoms with van der Waals surface area (Å²) in [5.41, 5.74) is 1.75. The predicted octanol–water partition coefficient (Wildman–Crippen LogP) is 5.74. The Morgan fingerprint density at radius 3 is 2.24 bits per heavy atom.